The Morgan fingerprint density at radius 2 is 2.22 bits per heavy atom. The zero-order chi connectivity index (χ0) is 13.1. The molecule has 0 fully saturated rings. The van der Waals surface area contributed by atoms with E-state index in [1.165, 1.54) is 7.11 Å². The van der Waals surface area contributed by atoms with Gasteiger partial charge in [0.25, 0.3) is 0 Å². The number of hydrogen-bond acceptors (Lipinski definition) is 4. The molecule has 0 bridgehead atoms. The number of ether oxygens (including phenoxy) is 1. The average Bonchev–Trinajstić information content (AvgIpc) is 2.49. The Bertz CT molecular complexity index is 473. The second-order valence-corrected chi connectivity index (χ2v) is 4.33. The summed E-state index contributed by atoms with van der Waals surface area (Å²) in [5, 5.41) is 3.11. The first-order valence-corrected chi connectivity index (χ1v) is 5.78. The largest absolute Gasteiger partial charge is 0.469 e. The summed E-state index contributed by atoms with van der Waals surface area (Å²) in [4.78, 5) is 25.1. The Balaban J connectivity index is 2.26. The van der Waals surface area contributed by atoms with Gasteiger partial charge < -0.3 is 15.0 Å². The van der Waals surface area contributed by atoms with E-state index in [-0.39, 0.29) is 12.3 Å². The van der Waals surface area contributed by atoms with E-state index in [0.29, 0.717) is 6.54 Å². The number of fused-ring (bicyclic) bond motifs is 1. The lowest BCUT2D eigenvalue weighted by Gasteiger charge is -2.19. The first-order valence-electron chi connectivity index (χ1n) is 5.78. The Hall–Kier alpha value is -2.04. The van der Waals surface area contributed by atoms with Crippen molar-refractivity contribution in [3.05, 3.63) is 29.8 Å². The predicted octanol–water partition coefficient (Wildman–Crippen LogP) is 1.00. The van der Waals surface area contributed by atoms with Crippen molar-refractivity contribution in [2.24, 2.45) is 0 Å². The number of para-hydroxylation sites is 1. The molecule has 0 aromatic heterocycles. The van der Waals surface area contributed by atoms with Gasteiger partial charge in [-0.2, -0.15) is 0 Å². The minimum atomic E-state index is -0.564. The van der Waals surface area contributed by atoms with E-state index in [4.69, 9.17) is 0 Å². The van der Waals surface area contributed by atoms with Crippen LogP contribution in [0.2, 0.25) is 0 Å². The lowest BCUT2D eigenvalue weighted by Crippen LogP contribution is -2.39. The quantitative estimate of drug-likeness (QED) is 0.793. The van der Waals surface area contributed by atoms with Gasteiger partial charge in [-0.15, -0.1) is 0 Å². The Morgan fingerprint density at radius 3 is 2.94 bits per heavy atom. The number of amides is 1. The molecule has 5 nitrogen and oxygen atoms in total. The number of anilines is 1. The molecule has 1 aromatic rings. The van der Waals surface area contributed by atoms with Crippen LogP contribution in [0.1, 0.15) is 12.0 Å². The zero-order valence-corrected chi connectivity index (χ0v) is 10.5. The molecule has 0 saturated carbocycles. The summed E-state index contributed by atoms with van der Waals surface area (Å²) < 4.78 is 4.62. The fraction of sp³-hybridized carbons (Fsp3) is 0.385. The predicted molar refractivity (Wildman–Crippen MR) is 67.0 cm³/mol. The number of rotatable bonds is 2. The number of nitrogens with one attached hydrogen (secondary N) is 1. The molecule has 1 atom stereocenters. The van der Waals surface area contributed by atoms with Gasteiger partial charge in [-0.05, 0) is 11.6 Å². The Labute approximate surface area is 106 Å². The van der Waals surface area contributed by atoms with Gasteiger partial charge in [0.05, 0.1) is 13.5 Å². The van der Waals surface area contributed by atoms with Crippen LogP contribution in [-0.2, 0) is 20.9 Å². The fourth-order valence-electron chi connectivity index (χ4n) is 2.04. The van der Waals surface area contributed by atoms with Gasteiger partial charge in [-0.3, -0.25) is 9.59 Å². The third kappa shape index (κ3) is 2.45. The monoisotopic (exact) mass is 248 g/mol. The van der Waals surface area contributed by atoms with Crippen LogP contribution in [0.15, 0.2) is 24.3 Å². The zero-order valence-electron chi connectivity index (χ0n) is 10.5. The number of esters is 1. The molecule has 1 aromatic carbocycles. The van der Waals surface area contributed by atoms with Crippen LogP contribution >= 0.6 is 0 Å². The topological polar surface area (TPSA) is 58.6 Å². The molecule has 1 amide bonds. The highest BCUT2D eigenvalue weighted by Gasteiger charge is 2.28. The number of carbonyl (C=O) groups excluding carboxylic acids is 2. The van der Waals surface area contributed by atoms with E-state index in [2.05, 4.69) is 10.1 Å². The van der Waals surface area contributed by atoms with Crippen LogP contribution in [0.4, 0.5) is 5.69 Å². The van der Waals surface area contributed by atoms with Gasteiger partial charge in [0.15, 0.2) is 0 Å². The molecule has 5 heteroatoms. The molecule has 1 aliphatic rings. The summed E-state index contributed by atoms with van der Waals surface area (Å²) >= 11 is 0. The van der Waals surface area contributed by atoms with Crippen molar-refractivity contribution < 1.29 is 14.3 Å². The Morgan fingerprint density at radius 1 is 1.50 bits per heavy atom. The van der Waals surface area contributed by atoms with Gasteiger partial charge in [0.2, 0.25) is 5.91 Å². The standard InChI is InChI=1S/C13H16N2O3/c1-15-8-9-5-3-4-6-10(9)14-11(13(15)17)7-12(16)18-2/h3-6,11,14H,7-8H2,1-2H3. The van der Waals surface area contributed by atoms with Crippen molar-refractivity contribution in [2.75, 3.05) is 19.5 Å². The molecule has 96 valence electrons. The average molecular weight is 248 g/mol. The van der Waals surface area contributed by atoms with E-state index in [1.54, 1.807) is 11.9 Å². The highest BCUT2D eigenvalue weighted by atomic mass is 16.5. The summed E-state index contributed by atoms with van der Waals surface area (Å²) in [6.07, 6.45) is 0.0357. The molecule has 1 aliphatic heterocycles. The van der Waals surface area contributed by atoms with Gasteiger partial charge in [-0.25, -0.2) is 0 Å². The molecule has 0 radical (unpaired) electrons. The van der Waals surface area contributed by atoms with Crippen molar-refractivity contribution >= 4 is 17.6 Å². The van der Waals surface area contributed by atoms with Crippen LogP contribution < -0.4 is 5.32 Å². The fourth-order valence-corrected chi connectivity index (χ4v) is 2.04. The maximum absolute atomic E-state index is 12.1. The summed E-state index contributed by atoms with van der Waals surface area (Å²) in [6, 6.07) is 7.14. The highest BCUT2D eigenvalue weighted by Crippen LogP contribution is 2.22. The van der Waals surface area contributed by atoms with E-state index < -0.39 is 12.0 Å². The first-order chi connectivity index (χ1) is 8.61. The summed E-state index contributed by atoms with van der Waals surface area (Å²) in [6.45, 7) is 0.541. The molecule has 18 heavy (non-hydrogen) atoms. The van der Waals surface area contributed by atoms with Gasteiger partial charge in [0, 0.05) is 19.3 Å². The van der Waals surface area contributed by atoms with Gasteiger partial charge in [-0.1, -0.05) is 18.2 Å². The molecule has 0 aliphatic carbocycles. The molecule has 0 spiro atoms. The molecule has 1 N–H and O–H groups in total. The minimum Gasteiger partial charge on any atom is -0.469 e. The van der Waals surface area contributed by atoms with E-state index in [9.17, 15) is 9.59 Å². The van der Waals surface area contributed by atoms with Crippen molar-refractivity contribution in [1.82, 2.24) is 4.90 Å². The number of hydrogen-bond donors (Lipinski definition) is 1. The molecular formula is C13H16N2O3. The van der Waals surface area contributed by atoms with Gasteiger partial charge >= 0.3 is 5.97 Å². The summed E-state index contributed by atoms with van der Waals surface area (Å²) in [5.41, 5.74) is 1.94. The second kappa shape index (κ2) is 5.08. The Kier molecular flexibility index (Phi) is 3.50. The normalized spacial score (nSPS) is 18.7. The van der Waals surface area contributed by atoms with Crippen LogP contribution in [0.25, 0.3) is 0 Å². The molecule has 1 heterocycles. The van der Waals surface area contributed by atoms with Crippen LogP contribution in [-0.4, -0.2) is 37.0 Å². The van der Waals surface area contributed by atoms with E-state index in [0.717, 1.165) is 11.3 Å². The lowest BCUT2D eigenvalue weighted by molar-refractivity contribution is -0.143. The maximum atomic E-state index is 12.1. The lowest BCUT2D eigenvalue weighted by atomic mass is 10.1. The van der Waals surface area contributed by atoms with Crippen molar-refractivity contribution in [2.45, 2.75) is 19.0 Å². The molecule has 0 saturated heterocycles. The SMILES string of the molecule is COC(=O)CC1Nc2ccccc2CN(C)C1=O. The van der Waals surface area contributed by atoms with Crippen LogP contribution in [0.5, 0.6) is 0 Å². The number of benzene rings is 1. The highest BCUT2D eigenvalue weighted by molar-refractivity contribution is 5.90. The maximum Gasteiger partial charge on any atom is 0.308 e. The third-order valence-electron chi connectivity index (χ3n) is 3.03. The van der Waals surface area contributed by atoms with Crippen LogP contribution in [0.3, 0.4) is 0 Å². The number of methoxy groups -OCH3 is 1. The van der Waals surface area contributed by atoms with Crippen molar-refractivity contribution in [3.63, 3.8) is 0 Å². The van der Waals surface area contributed by atoms with E-state index >= 15 is 0 Å². The van der Waals surface area contributed by atoms with Crippen molar-refractivity contribution in [3.8, 4) is 0 Å². The first kappa shape index (κ1) is 12.4. The van der Waals surface area contributed by atoms with Gasteiger partial charge in [0.1, 0.15) is 6.04 Å². The smallest absolute Gasteiger partial charge is 0.308 e. The number of likely N-dealkylation sites (N-methyl/N-ethyl adjacent to an activating group) is 1. The summed E-state index contributed by atoms with van der Waals surface area (Å²) in [7, 11) is 3.05. The molecular weight excluding hydrogens is 232 g/mol. The third-order valence-corrected chi connectivity index (χ3v) is 3.03. The molecule has 2 rings (SSSR count). The number of nitrogens with zero attached hydrogens (tertiary/aromatic N) is 1. The minimum absolute atomic E-state index is 0.0357. The van der Waals surface area contributed by atoms with Crippen LogP contribution in [0, 0.1) is 0 Å². The molecule has 1 unspecified atom stereocenters. The second-order valence-electron chi connectivity index (χ2n) is 4.33. The summed E-state index contributed by atoms with van der Waals surface area (Å²) in [5.74, 6) is -0.495. The van der Waals surface area contributed by atoms with Crippen molar-refractivity contribution in [1.29, 1.82) is 0 Å². The number of carbonyl (C=O) groups is 2. The van der Waals surface area contributed by atoms with E-state index in [1.807, 2.05) is 24.3 Å².